The van der Waals surface area contributed by atoms with Crippen molar-refractivity contribution in [2.24, 2.45) is 0 Å². The van der Waals surface area contributed by atoms with Crippen LogP contribution in [0.3, 0.4) is 0 Å². The molecular weight excluding hydrogens is 657 g/mol. The van der Waals surface area contributed by atoms with Crippen molar-refractivity contribution in [3.63, 3.8) is 0 Å². The fourth-order valence-electron chi connectivity index (χ4n) is 6.69. The summed E-state index contributed by atoms with van der Waals surface area (Å²) in [6.07, 6.45) is 11.9. The number of hydrogen-bond acceptors (Lipinski definition) is 6. The number of unbranched alkanes of at least 4 members (excludes halogenated alkanes) is 8. The Morgan fingerprint density at radius 2 is 0.960 bits per heavy atom. The van der Waals surface area contributed by atoms with Gasteiger partial charge in [0.25, 0.3) is 0 Å². The van der Waals surface area contributed by atoms with Crippen LogP contribution in [-0.2, 0) is 18.3 Å². The molecular formula is C44H52O4S2. The van der Waals surface area contributed by atoms with Gasteiger partial charge in [0.1, 0.15) is 11.5 Å². The van der Waals surface area contributed by atoms with Crippen LogP contribution in [0.4, 0.5) is 0 Å². The van der Waals surface area contributed by atoms with Gasteiger partial charge in [-0.25, -0.2) is 0 Å². The quantitative estimate of drug-likeness (QED) is 0.0994. The zero-order valence-electron chi connectivity index (χ0n) is 30.4. The standard InChI is InChI=1S/C44H52O4S2/c1-6-8-10-12-15-19-29-27-34(49-32-21-17-14-18-22-32)36-38(40(29)45)43(48)39-37(42(36)47)35(28-30(41(39)46)20-16-13-11-9-7-2)50-33-25-23-31(24-26-33)44(3,4)5/h14,17-18,21-28,45-46H,6-13,15-16,19-20H2,1-5H3. The van der Waals surface area contributed by atoms with Gasteiger partial charge in [0.2, 0.25) is 5.78 Å². The lowest BCUT2D eigenvalue weighted by atomic mass is 9.80. The minimum atomic E-state index is -0.481. The highest BCUT2D eigenvalue weighted by molar-refractivity contribution is 7.99. The summed E-state index contributed by atoms with van der Waals surface area (Å²) < 4.78 is 0. The Bertz CT molecular complexity index is 1800. The molecule has 0 fully saturated rings. The molecule has 50 heavy (non-hydrogen) atoms. The molecule has 0 aliphatic heterocycles. The highest BCUT2D eigenvalue weighted by atomic mass is 32.2. The summed E-state index contributed by atoms with van der Waals surface area (Å²) in [7, 11) is 0. The first-order valence-electron chi connectivity index (χ1n) is 18.4. The van der Waals surface area contributed by atoms with E-state index in [1.807, 2.05) is 42.5 Å². The molecule has 0 saturated carbocycles. The van der Waals surface area contributed by atoms with Gasteiger partial charge >= 0.3 is 0 Å². The fourth-order valence-corrected chi connectivity index (χ4v) is 8.76. The SMILES string of the molecule is CCCCCCCc1cc(Sc2ccccc2)c2c(c1O)C(=O)c1c(O)c(CCCCCCC)cc(Sc3ccc(C(C)(C)C)cc3)c1C2=O. The number of carbonyl (C=O) groups is 2. The summed E-state index contributed by atoms with van der Waals surface area (Å²) in [6, 6.07) is 22.0. The van der Waals surface area contributed by atoms with E-state index in [0.29, 0.717) is 33.8 Å². The molecule has 264 valence electrons. The Balaban J connectivity index is 1.63. The summed E-state index contributed by atoms with van der Waals surface area (Å²) in [6.45, 7) is 10.9. The first kappa shape index (κ1) is 37.8. The van der Waals surface area contributed by atoms with Crippen molar-refractivity contribution < 1.29 is 19.8 Å². The van der Waals surface area contributed by atoms with Crippen LogP contribution in [0.15, 0.2) is 86.3 Å². The molecule has 0 aromatic heterocycles. The number of benzene rings is 4. The second-order valence-electron chi connectivity index (χ2n) is 14.5. The van der Waals surface area contributed by atoms with Gasteiger partial charge in [-0.05, 0) is 84.2 Å². The van der Waals surface area contributed by atoms with Crippen molar-refractivity contribution in [1.82, 2.24) is 0 Å². The predicted octanol–water partition coefficient (Wildman–Crippen LogP) is 12.5. The lowest BCUT2D eigenvalue weighted by Gasteiger charge is -2.26. The van der Waals surface area contributed by atoms with Gasteiger partial charge in [0, 0.05) is 19.6 Å². The van der Waals surface area contributed by atoms with Crippen LogP contribution in [-0.4, -0.2) is 21.8 Å². The van der Waals surface area contributed by atoms with Gasteiger partial charge in [-0.2, -0.15) is 0 Å². The molecule has 0 bridgehead atoms. The lowest BCUT2D eigenvalue weighted by molar-refractivity contribution is 0.0969. The van der Waals surface area contributed by atoms with E-state index in [4.69, 9.17) is 0 Å². The van der Waals surface area contributed by atoms with Gasteiger partial charge in [0.05, 0.1) is 22.3 Å². The third-order valence-electron chi connectivity index (χ3n) is 9.61. The van der Waals surface area contributed by atoms with Gasteiger partial charge < -0.3 is 10.2 Å². The monoisotopic (exact) mass is 708 g/mol. The van der Waals surface area contributed by atoms with Gasteiger partial charge in [-0.1, -0.05) is 140 Å². The summed E-state index contributed by atoms with van der Waals surface area (Å²) in [5.74, 6) is -1.08. The van der Waals surface area contributed by atoms with E-state index in [1.165, 1.54) is 29.1 Å². The maximum Gasteiger partial charge on any atom is 0.202 e. The number of phenolic OH excluding ortho intramolecular Hbond substituents is 2. The number of aryl methyl sites for hydroxylation is 2. The molecule has 0 atom stereocenters. The number of rotatable bonds is 16. The highest BCUT2D eigenvalue weighted by Crippen LogP contribution is 2.48. The summed E-state index contributed by atoms with van der Waals surface area (Å²) >= 11 is 2.89. The van der Waals surface area contributed by atoms with Crippen molar-refractivity contribution in [3.8, 4) is 11.5 Å². The predicted molar refractivity (Wildman–Crippen MR) is 208 cm³/mol. The third kappa shape index (κ3) is 8.69. The van der Waals surface area contributed by atoms with Crippen molar-refractivity contribution in [2.75, 3.05) is 0 Å². The van der Waals surface area contributed by atoms with Crippen molar-refractivity contribution in [3.05, 3.63) is 106 Å². The number of ketones is 2. The Labute approximate surface area is 307 Å². The molecule has 0 saturated heterocycles. The lowest BCUT2D eigenvalue weighted by Crippen LogP contribution is -2.24. The summed E-state index contributed by atoms with van der Waals surface area (Å²) in [5.41, 5.74) is 3.04. The molecule has 4 nitrogen and oxygen atoms in total. The number of aromatic hydroxyl groups is 2. The Kier molecular flexibility index (Phi) is 13.0. The first-order chi connectivity index (χ1) is 24.0. The van der Waals surface area contributed by atoms with E-state index in [9.17, 15) is 19.8 Å². The van der Waals surface area contributed by atoms with Crippen LogP contribution < -0.4 is 0 Å². The smallest absolute Gasteiger partial charge is 0.202 e. The molecule has 1 aliphatic carbocycles. The molecule has 0 amide bonds. The Hall–Kier alpha value is -3.48. The van der Waals surface area contributed by atoms with E-state index in [1.54, 1.807) is 0 Å². The fraction of sp³-hybridized carbons (Fsp3) is 0.409. The maximum atomic E-state index is 14.9. The molecule has 2 N–H and O–H groups in total. The summed E-state index contributed by atoms with van der Waals surface area (Å²) in [4.78, 5) is 32.8. The van der Waals surface area contributed by atoms with E-state index >= 15 is 0 Å². The molecule has 6 heteroatoms. The van der Waals surface area contributed by atoms with E-state index in [-0.39, 0.29) is 45.0 Å². The second kappa shape index (κ2) is 17.2. The second-order valence-corrected chi connectivity index (χ2v) is 16.8. The van der Waals surface area contributed by atoms with Crippen LogP contribution in [0.5, 0.6) is 11.5 Å². The first-order valence-corrected chi connectivity index (χ1v) is 20.1. The van der Waals surface area contributed by atoms with Crippen molar-refractivity contribution >= 4 is 35.1 Å². The number of phenols is 2. The van der Waals surface area contributed by atoms with Crippen LogP contribution in [0.2, 0.25) is 0 Å². The number of fused-ring (bicyclic) bond motifs is 2. The number of carbonyl (C=O) groups excluding carboxylic acids is 2. The van der Waals surface area contributed by atoms with E-state index in [2.05, 4.69) is 58.9 Å². The largest absolute Gasteiger partial charge is 0.507 e. The molecule has 0 radical (unpaired) electrons. The van der Waals surface area contributed by atoms with Crippen LogP contribution in [0, 0.1) is 0 Å². The minimum absolute atomic E-state index is 0.00111. The molecule has 0 spiro atoms. The molecule has 0 heterocycles. The molecule has 1 aliphatic rings. The topological polar surface area (TPSA) is 74.6 Å². The molecule has 4 aromatic rings. The average Bonchev–Trinajstić information content (AvgIpc) is 3.09. The Morgan fingerprint density at radius 1 is 0.540 bits per heavy atom. The maximum absolute atomic E-state index is 14.9. The van der Waals surface area contributed by atoms with E-state index in [0.717, 1.165) is 74.0 Å². The van der Waals surface area contributed by atoms with Gasteiger partial charge in [0.15, 0.2) is 5.78 Å². The highest BCUT2D eigenvalue weighted by Gasteiger charge is 2.40. The normalized spacial score (nSPS) is 12.7. The van der Waals surface area contributed by atoms with Crippen LogP contribution >= 0.6 is 23.5 Å². The molecule has 4 aromatic carbocycles. The van der Waals surface area contributed by atoms with Gasteiger partial charge in [-0.15, -0.1) is 0 Å². The van der Waals surface area contributed by atoms with Crippen LogP contribution in [0.1, 0.15) is 147 Å². The van der Waals surface area contributed by atoms with E-state index < -0.39 is 5.78 Å². The zero-order valence-corrected chi connectivity index (χ0v) is 32.0. The summed E-state index contributed by atoms with van der Waals surface area (Å²) in [5, 5.41) is 23.5. The van der Waals surface area contributed by atoms with Gasteiger partial charge in [-0.3, -0.25) is 9.59 Å². The molecule has 5 rings (SSSR count). The third-order valence-corrected chi connectivity index (χ3v) is 11.7. The average molecular weight is 709 g/mol. The minimum Gasteiger partial charge on any atom is -0.507 e. The van der Waals surface area contributed by atoms with Crippen molar-refractivity contribution in [2.45, 2.75) is 137 Å². The number of hydrogen-bond donors (Lipinski definition) is 2. The Morgan fingerprint density at radius 3 is 1.40 bits per heavy atom. The zero-order chi connectivity index (χ0) is 35.8. The van der Waals surface area contributed by atoms with Crippen LogP contribution in [0.25, 0.3) is 0 Å². The van der Waals surface area contributed by atoms with Crippen molar-refractivity contribution in [1.29, 1.82) is 0 Å². The molecule has 0 unspecified atom stereocenters.